The van der Waals surface area contributed by atoms with Crippen molar-refractivity contribution in [1.29, 1.82) is 0 Å². The summed E-state index contributed by atoms with van der Waals surface area (Å²) in [5.74, 6) is 0. The Morgan fingerprint density at radius 2 is 1.84 bits per heavy atom. The molecule has 0 aliphatic rings. The molecule has 0 bridgehead atoms. The lowest BCUT2D eigenvalue weighted by molar-refractivity contribution is 0.722. The molecule has 3 nitrogen and oxygen atoms in total. The van der Waals surface area contributed by atoms with E-state index >= 15 is 0 Å². The van der Waals surface area contributed by atoms with Gasteiger partial charge in [-0.25, -0.2) is 0 Å². The number of rotatable bonds is 3. The normalized spacial score (nSPS) is 12.5. The van der Waals surface area contributed by atoms with Gasteiger partial charge >= 0.3 is 0 Å². The first-order chi connectivity index (χ1) is 9.33. The molecule has 2 N–H and O–H groups in total. The van der Waals surface area contributed by atoms with Gasteiger partial charge in [0.2, 0.25) is 0 Å². The van der Waals surface area contributed by atoms with Crippen LogP contribution in [0.3, 0.4) is 0 Å². The van der Waals surface area contributed by atoms with Crippen LogP contribution in [0, 0.1) is 0 Å². The highest BCUT2D eigenvalue weighted by molar-refractivity contribution is 5.79. The van der Waals surface area contributed by atoms with Crippen LogP contribution in [0.15, 0.2) is 61.1 Å². The predicted molar refractivity (Wildman–Crippen MR) is 76.6 cm³/mol. The maximum absolute atomic E-state index is 6.28. The summed E-state index contributed by atoms with van der Waals surface area (Å²) in [5.41, 5.74) is 9.62. The molecule has 2 aromatic heterocycles. The lowest BCUT2D eigenvalue weighted by atomic mass is 9.99. The van der Waals surface area contributed by atoms with E-state index in [0.29, 0.717) is 0 Å². The van der Waals surface area contributed by atoms with E-state index < -0.39 is 0 Å². The van der Waals surface area contributed by atoms with Crippen molar-refractivity contribution in [2.45, 2.75) is 12.5 Å². The van der Waals surface area contributed by atoms with Crippen molar-refractivity contribution in [2.75, 3.05) is 0 Å². The van der Waals surface area contributed by atoms with Gasteiger partial charge in [-0.05, 0) is 47.9 Å². The molecule has 2 heterocycles. The molecular weight excluding hydrogens is 234 g/mol. The fourth-order valence-corrected chi connectivity index (χ4v) is 2.22. The molecule has 3 rings (SSSR count). The van der Waals surface area contributed by atoms with Crippen LogP contribution in [0.5, 0.6) is 0 Å². The highest BCUT2D eigenvalue weighted by Gasteiger charge is 2.08. The molecule has 0 saturated carbocycles. The van der Waals surface area contributed by atoms with Crippen LogP contribution in [-0.2, 0) is 6.42 Å². The first-order valence-electron chi connectivity index (χ1n) is 6.32. The van der Waals surface area contributed by atoms with Crippen LogP contribution in [-0.4, -0.2) is 9.97 Å². The molecule has 0 radical (unpaired) electrons. The lowest BCUT2D eigenvalue weighted by Gasteiger charge is -2.12. The van der Waals surface area contributed by atoms with Gasteiger partial charge in [-0.1, -0.05) is 12.1 Å². The van der Waals surface area contributed by atoms with Crippen LogP contribution in [0.4, 0.5) is 0 Å². The summed E-state index contributed by atoms with van der Waals surface area (Å²) >= 11 is 0. The van der Waals surface area contributed by atoms with Crippen LogP contribution < -0.4 is 5.73 Å². The molecule has 0 saturated heterocycles. The number of hydrogen-bond donors (Lipinski definition) is 1. The quantitative estimate of drug-likeness (QED) is 0.776. The van der Waals surface area contributed by atoms with E-state index in [9.17, 15) is 0 Å². The third kappa shape index (κ3) is 2.61. The van der Waals surface area contributed by atoms with Crippen LogP contribution >= 0.6 is 0 Å². The van der Waals surface area contributed by atoms with Crippen LogP contribution in [0.1, 0.15) is 17.2 Å². The zero-order valence-electron chi connectivity index (χ0n) is 10.5. The SMILES string of the molecule is NC(Cc1ccncc1)c1ccc2ncccc2c1. The predicted octanol–water partition coefficient (Wildman–Crippen LogP) is 2.87. The van der Waals surface area contributed by atoms with Gasteiger partial charge in [0.1, 0.15) is 0 Å². The van der Waals surface area contributed by atoms with E-state index in [4.69, 9.17) is 5.73 Å². The third-order valence-electron chi connectivity index (χ3n) is 3.26. The van der Waals surface area contributed by atoms with Crippen molar-refractivity contribution in [3.63, 3.8) is 0 Å². The Labute approximate surface area is 112 Å². The Bertz CT molecular complexity index is 680. The Hall–Kier alpha value is -2.26. The summed E-state index contributed by atoms with van der Waals surface area (Å²) in [7, 11) is 0. The second kappa shape index (κ2) is 5.16. The molecule has 1 unspecified atom stereocenters. The molecule has 0 amide bonds. The molecule has 0 aliphatic carbocycles. The topological polar surface area (TPSA) is 51.8 Å². The second-order valence-electron chi connectivity index (χ2n) is 4.62. The van der Waals surface area contributed by atoms with Crippen LogP contribution in [0.2, 0.25) is 0 Å². The van der Waals surface area contributed by atoms with E-state index in [1.165, 1.54) is 5.56 Å². The Kier molecular flexibility index (Phi) is 3.21. The molecule has 1 atom stereocenters. The van der Waals surface area contributed by atoms with Gasteiger partial charge in [-0.15, -0.1) is 0 Å². The van der Waals surface area contributed by atoms with Gasteiger partial charge in [-0.2, -0.15) is 0 Å². The molecule has 3 heteroatoms. The molecule has 1 aromatic carbocycles. The van der Waals surface area contributed by atoms with Gasteiger partial charge in [0.15, 0.2) is 0 Å². The van der Waals surface area contributed by atoms with Gasteiger partial charge in [-0.3, -0.25) is 9.97 Å². The minimum Gasteiger partial charge on any atom is -0.324 e. The Balaban J connectivity index is 1.87. The number of pyridine rings is 2. The minimum absolute atomic E-state index is 0.00740. The summed E-state index contributed by atoms with van der Waals surface area (Å²) in [5, 5.41) is 1.13. The largest absolute Gasteiger partial charge is 0.324 e. The summed E-state index contributed by atoms with van der Waals surface area (Å²) in [6.07, 6.45) is 6.21. The number of fused-ring (bicyclic) bond motifs is 1. The maximum atomic E-state index is 6.28. The van der Waals surface area contributed by atoms with Gasteiger partial charge in [0, 0.05) is 30.0 Å². The third-order valence-corrected chi connectivity index (χ3v) is 3.26. The number of nitrogens with zero attached hydrogens (tertiary/aromatic N) is 2. The van der Waals surface area contributed by atoms with Crippen molar-refractivity contribution in [1.82, 2.24) is 9.97 Å². The minimum atomic E-state index is -0.00740. The van der Waals surface area contributed by atoms with Crippen molar-refractivity contribution in [3.05, 3.63) is 72.2 Å². The molecule has 94 valence electrons. The molecule has 0 spiro atoms. The number of hydrogen-bond acceptors (Lipinski definition) is 3. The van der Waals surface area contributed by atoms with Crippen molar-refractivity contribution in [3.8, 4) is 0 Å². The maximum Gasteiger partial charge on any atom is 0.0702 e. The zero-order valence-corrected chi connectivity index (χ0v) is 10.5. The highest BCUT2D eigenvalue weighted by Crippen LogP contribution is 2.20. The molecule has 0 aliphatic heterocycles. The monoisotopic (exact) mass is 249 g/mol. The fraction of sp³-hybridized carbons (Fsp3) is 0.125. The smallest absolute Gasteiger partial charge is 0.0702 e. The number of aromatic nitrogens is 2. The average molecular weight is 249 g/mol. The van der Waals surface area contributed by atoms with Crippen LogP contribution in [0.25, 0.3) is 10.9 Å². The lowest BCUT2D eigenvalue weighted by Crippen LogP contribution is -2.13. The average Bonchev–Trinajstić information content (AvgIpc) is 2.48. The number of benzene rings is 1. The van der Waals surface area contributed by atoms with E-state index in [-0.39, 0.29) is 6.04 Å². The second-order valence-corrected chi connectivity index (χ2v) is 4.62. The Morgan fingerprint density at radius 3 is 2.68 bits per heavy atom. The fourth-order valence-electron chi connectivity index (χ4n) is 2.22. The molecule has 0 fully saturated rings. The van der Waals surface area contributed by atoms with Crippen molar-refractivity contribution < 1.29 is 0 Å². The van der Waals surface area contributed by atoms with Crippen molar-refractivity contribution in [2.24, 2.45) is 5.73 Å². The summed E-state index contributed by atoms with van der Waals surface area (Å²) in [6.45, 7) is 0. The first-order valence-corrected chi connectivity index (χ1v) is 6.32. The first kappa shape index (κ1) is 11.8. The van der Waals surface area contributed by atoms with Crippen molar-refractivity contribution >= 4 is 10.9 Å². The molecule has 3 aromatic rings. The van der Waals surface area contributed by atoms with E-state index in [1.807, 2.05) is 24.3 Å². The standard InChI is InChI=1S/C16H15N3/c17-15(10-12-5-8-18-9-6-12)13-3-4-16-14(11-13)2-1-7-19-16/h1-9,11,15H,10,17H2. The summed E-state index contributed by atoms with van der Waals surface area (Å²) in [4.78, 5) is 8.33. The summed E-state index contributed by atoms with van der Waals surface area (Å²) in [6, 6.07) is 14.2. The van der Waals surface area contributed by atoms with E-state index in [1.54, 1.807) is 18.6 Å². The Morgan fingerprint density at radius 1 is 1.00 bits per heavy atom. The molecule has 19 heavy (non-hydrogen) atoms. The van der Waals surface area contributed by atoms with Gasteiger partial charge in [0.05, 0.1) is 5.52 Å². The number of nitrogens with two attached hydrogens (primary N) is 1. The van der Waals surface area contributed by atoms with Gasteiger partial charge < -0.3 is 5.73 Å². The van der Waals surface area contributed by atoms with E-state index in [0.717, 1.165) is 22.9 Å². The summed E-state index contributed by atoms with van der Waals surface area (Å²) < 4.78 is 0. The zero-order chi connectivity index (χ0) is 13.1. The highest BCUT2D eigenvalue weighted by atomic mass is 14.7. The van der Waals surface area contributed by atoms with E-state index in [2.05, 4.69) is 28.2 Å². The van der Waals surface area contributed by atoms with Gasteiger partial charge in [0.25, 0.3) is 0 Å². The molecular formula is C16H15N3.